The number of carbonyl (C=O) groups is 1. The molecule has 21 heavy (non-hydrogen) atoms. The summed E-state index contributed by atoms with van der Waals surface area (Å²) in [7, 11) is 0. The number of rotatable bonds is 4. The molecule has 4 heteroatoms. The molecule has 0 aliphatic carbocycles. The number of aliphatic hydroxyl groups excluding tert-OH is 1. The van der Waals surface area contributed by atoms with Crippen molar-refractivity contribution in [3.05, 3.63) is 35.4 Å². The van der Waals surface area contributed by atoms with Gasteiger partial charge in [0.25, 0.3) is 0 Å². The molecule has 1 saturated heterocycles. The number of carbonyl (C=O) groups excluding carboxylic acids is 1. The zero-order valence-corrected chi connectivity index (χ0v) is 12.4. The molecular formula is C17H24N2O2. The molecule has 2 unspecified atom stereocenters. The van der Waals surface area contributed by atoms with Crippen LogP contribution in [0.3, 0.4) is 0 Å². The van der Waals surface area contributed by atoms with E-state index in [-0.39, 0.29) is 18.4 Å². The van der Waals surface area contributed by atoms with Crippen LogP contribution in [0.1, 0.15) is 42.7 Å². The first-order chi connectivity index (χ1) is 10.3. The molecule has 0 saturated carbocycles. The van der Waals surface area contributed by atoms with Gasteiger partial charge in [0, 0.05) is 32.3 Å². The van der Waals surface area contributed by atoms with Crippen LogP contribution in [0.15, 0.2) is 24.3 Å². The van der Waals surface area contributed by atoms with Crippen LogP contribution in [-0.2, 0) is 11.3 Å². The molecule has 0 radical (unpaired) electrons. The summed E-state index contributed by atoms with van der Waals surface area (Å²) in [5, 5.41) is 12.4. The molecular weight excluding hydrogens is 264 g/mol. The summed E-state index contributed by atoms with van der Waals surface area (Å²) in [5.74, 6) is 0.208. The van der Waals surface area contributed by atoms with E-state index in [0.29, 0.717) is 6.04 Å². The summed E-state index contributed by atoms with van der Waals surface area (Å²) in [6.07, 6.45) is 3.87. The van der Waals surface area contributed by atoms with Gasteiger partial charge in [-0.05, 0) is 36.8 Å². The van der Waals surface area contributed by atoms with E-state index in [4.69, 9.17) is 5.11 Å². The van der Waals surface area contributed by atoms with Gasteiger partial charge in [-0.25, -0.2) is 0 Å². The van der Waals surface area contributed by atoms with Gasteiger partial charge in [0.05, 0.1) is 5.92 Å². The second kappa shape index (κ2) is 6.58. The molecule has 2 heterocycles. The van der Waals surface area contributed by atoms with E-state index >= 15 is 0 Å². The maximum absolute atomic E-state index is 13.0. The van der Waals surface area contributed by atoms with Gasteiger partial charge in [0.1, 0.15) is 0 Å². The van der Waals surface area contributed by atoms with E-state index in [2.05, 4.69) is 22.3 Å². The summed E-state index contributed by atoms with van der Waals surface area (Å²) in [5.41, 5.74) is 2.43. The van der Waals surface area contributed by atoms with E-state index in [1.54, 1.807) is 0 Å². The first-order valence-electron chi connectivity index (χ1n) is 8.01. The number of nitrogens with zero attached hydrogens (tertiary/aromatic N) is 1. The number of fused-ring (bicyclic) bond motifs is 1. The Morgan fingerprint density at radius 2 is 2.24 bits per heavy atom. The highest BCUT2D eigenvalue weighted by Gasteiger charge is 2.35. The van der Waals surface area contributed by atoms with Crippen LogP contribution in [-0.4, -0.2) is 41.7 Å². The number of likely N-dealkylation sites (tertiary alicyclic amines) is 1. The maximum atomic E-state index is 13.0. The van der Waals surface area contributed by atoms with Crippen molar-refractivity contribution in [1.82, 2.24) is 10.2 Å². The molecule has 1 aromatic rings. The lowest BCUT2D eigenvalue weighted by Gasteiger charge is -2.32. The Labute approximate surface area is 126 Å². The first kappa shape index (κ1) is 14.5. The van der Waals surface area contributed by atoms with Gasteiger partial charge >= 0.3 is 0 Å². The molecule has 3 rings (SSSR count). The van der Waals surface area contributed by atoms with E-state index in [9.17, 15) is 4.79 Å². The first-order valence-corrected chi connectivity index (χ1v) is 8.01. The smallest absolute Gasteiger partial charge is 0.231 e. The van der Waals surface area contributed by atoms with Gasteiger partial charge in [0.2, 0.25) is 5.91 Å². The van der Waals surface area contributed by atoms with Gasteiger partial charge in [-0.3, -0.25) is 4.79 Å². The second-order valence-electron chi connectivity index (χ2n) is 6.08. The monoisotopic (exact) mass is 288 g/mol. The topological polar surface area (TPSA) is 52.6 Å². The molecule has 2 atom stereocenters. The highest BCUT2D eigenvalue weighted by atomic mass is 16.3. The molecule has 2 aliphatic rings. The minimum atomic E-state index is -0.0512. The highest BCUT2D eigenvalue weighted by Crippen LogP contribution is 2.30. The molecule has 1 amide bonds. The Morgan fingerprint density at radius 3 is 3.10 bits per heavy atom. The lowest BCUT2D eigenvalue weighted by molar-refractivity contribution is -0.133. The van der Waals surface area contributed by atoms with E-state index in [0.717, 1.165) is 45.3 Å². The van der Waals surface area contributed by atoms with Gasteiger partial charge in [0.15, 0.2) is 0 Å². The summed E-state index contributed by atoms with van der Waals surface area (Å²) >= 11 is 0. The van der Waals surface area contributed by atoms with Crippen molar-refractivity contribution in [2.24, 2.45) is 0 Å². The number of hydrogen-bond acceptors (Lipinski definition) is 3. The summed E-state index contributed by atoms with van der Waals surface area (Å²) in [6.45, 7) is 2.67. The Kier molecular flexibility index (Phi) is 4.56. The lowest BCUT2D eigenvalue weighted by atomic mass is 9.89. The zero-order chi connectivity index (χ0) is 14.7. The van der Waals surface area contributed by atoms with Crippen molar-refractivity contribution in [2.75, 3.05) is 19.7 Å². The van der Waals surface area contributed by atoms with Gasteiger partial charge in [-0.15, -0.1) is 0 Å². The van der Waals surface area contributed by atoms with Crippen LogP contribution in [0, 0.1) is 0 Å². The third-order valence-corrected chi connectivity index (χ3v) is 4.75. The highest BCUT2D eigenvalue weighted by molar-refractivity contribution is 5.85. The number of amides is 1. The van der Waals surface area contributed by atoms with Crippen molar-refractivity contribution < 1.29 is 9.90 Å². The predicted molar refractivity (Wildman–Crippen MR) is 81.9 cm³/mol. The molecule has 0 aromatic heterocycles. The van der Waals surface area contributed by atoms with Crippen molar-refractivity contribution in [1.29, 1.82) is 0 Å². The van der Waals surface area contributed by atoms with Crippen LogP contribution in [0.2, 0.25) is 0 Å². The average molecular weight is 288 g/mol. The van der Waals surface area contributed by atoms with Crippen molar-refractivity contribution in [2.45, 2.75) is 44.2 Å². The molecule has 2 aliphatic heterocycles. The SMILES string of the molecule is O=C(C1CNCc2ccccc21)N1CCCC1CCCO. The van der Waals surface area contributed by atoms with E-state index in [1.807, 2.05) is 12.1 Å². The molecule has 1 aromatic carbocycles. The van der Waals surface area contributed by atoms with Crippen LogP contribution >= 0.6 is 0 Å². The maximum Gasteiger partial charge on any atom is 0.231 e. The summed E-state index contributed by atoms with van der Waals surface area (Å²) in [4.78, 5) is 15.0. The van der Waals surface area contributed by atoms with Crippen LogP contribution in [0.4, 0.5) is 0 Å². The average Bonchev–Trinajstić information content (AvgIpc) is 3.00. The largest absolute Gasteiger partial charge is 0.396 e. The Bertz CT molecular complexity index is 503. The Hall–Kier alpha value is -1.39. The number of nitrogens with one attached hydrogen (secondary N) is 1. The third kappa shape index (κ3) is 2.97. The predicted octanol–water partition coefficient (Wildman–Crippen LogP) is 1.64. The second-order valence-corrected chi connectivity index (χ2v) is 6.08. The van der Waals surface area contributed by atoms with Crippen molar-refractivity contribution >= 4 is 5.91 Å². The molecule has 1 fully saturated rings. The fourth-order valence-corrected chi connectivity index (χ4v) is 3.67. The number of hydrogen-bond donors (Lipinski definition) is 2. The summed E-state index contributed by atoms with van der Waals surface area (Å²) in [6, 6.07) is 8.58. The minimum Gasteiger partial charge on any atom is -0.396 e. The molecule has 4 nitrogen and oxygen atoms in total. The van der Waals surface area contributed by atoms with Crippen molar-refractivity contribution in [3.63, 3.8) is 0 Å². The van der Waals surface area contributed by atoms with Crippen LogP contribution in [0.5, 0.6) is 0 Å². The molecule has 2 N–H and O–H groups in total. The normalized spacial score (nSPS) is 24.9. The molecule has 0 spiro atoms. The van der Waals surface area contributed by atoms with Gasteiger partial charge < -0.3 is 15.3 Å². The number of benzene rings is 1. The van der Waals surface area contributed by atoms with Gasteiger partial charge in [-0.2, -0.15) is 0 Å². The van der Waals surface area contributed by atoms with Gasteiger partial charge in [-0.1, -0.05) is 24.3 Å². The Balaban J connectivity index is 1.76. The van der Waals surface area contributed by atoms with E-state index in [1.165, 1.54) is 11.1 Å². The Morgan fingerprint density at radius 1 is 1.38 bits per heavy atom. The van der Waals surface area contributed by atoms with Crippen molar-refractivity contribution in [3.8, 4) is 0 Å². The van der Waals surface area contributed by atoms with Crippen LogP contribution < -0.4 is 5.32 Å². The minimum absolute atomic E-state index is 0.0512. The fraction of sp³-hybridized carbons (Fsp3) is 0.588. The molecule has 114 valence electrons. The zero-order valence-electron chi connectivity index (χ0n) is 12.4. The van der Waals surface area contributed by atoms with Crippen LogP contribution in [0.25, 0.3) is 0 Å². The summed E-state index contributed by atoms with van der Waals surface area (Å²) < 4.78 is 0. The molecule has 0 bridgehead atoms. The standard InChI is InChI=1S/C17H24N2O2/c20-10-4-7-14-6-3-9-19(14)17(21)16-12-18-11-13-5-1-2-8-15(13)16/h1-2,5,8,14,16,18,20H,3-4,6-7,9-12H2. The quantitative estimate of drug-likeness (QED) is 0.885. The lowest BCUT2D eigenvalue weighted by Crippen LogP contribution is -2.43. The fourth-order valence-electron chi connectivity index (χ4n) is 3.67. The van der Waals surface area contributed by atoms with E-state index < -0.39 is 0 Å². The number of aliphatic hydroxyl groups is 1. The third-order valence-electron chi connectivity index (χ3n) is 4.75.